The molecule has 0 N–H and O–H groups in total. The van der Waals surface area contributed by atoms with E-state index in [0.29, 0.717) is 52.4 Å². The Morgan fingerprint density at radius 2 is 1.70 bits per heavy atom. The van der Waals surface area contributed by atoms with Gasteiger partial charge in [-0.25, -0.2) is 8.42 Å². The number of ether oxygens (including phenoxy) is 2. The van der Waals surface area contributed by atoms with Crippen LogP contribution in [0, 0.1) is 0 Å². The van der Waals surface area contributed by atoms with E-state index in [1.807, 2.05) is 4.90 Å². The highest BCUT2D eigenvalue weighted by Gasteiger charge is 2.37. The van der Waals surface area contributed by atoms with Crippen molar-refractivity contribution in [3.05, 3.63) is 0 Å². The van der Waals surface area contributed by atoms with Crippen molar-refractivity contribution in [3.63, 3.8) is 0 Å². The van der Waals surface area contributed by atoms with Gasteiger partial charge in [-0.15, -0.1) is 0 Å². The molecule has 0 aromatic heterocycles. The summed E-state index contributed by atoms with van der Waals surface area (Å²) in [4.78, 5) is 31.3. The van der Waals surface area contributed by atoms with Gasteiger partial charge in [0.2, 0.25) is 5.91 Å². The lowest BCUT2D eigenvalue weighted by Crippen LogP contribution is -2.55. The molecule has 2 amide bonds. The second-order valence-electron chi connectivity index (χ2n) is 8.84. The molecule has 4 aliphatic heterocycles. The van der Waals surface area contributed by atoms with E-state index >= 15 is 0 Å². The van der Waals surface area contributed by atoms with Crippen molar-refractivity contribution >= 4 is 21.7 Å². The van der Waals surface area contributed by atoms with Gasteiger partial charge in [-0.2, -0.15) is 0 Å². The largest absolute Gasteiger partial charge is 0.376 e. The summed E-state index contributed by atoms with van der Waals surface area (Å²) in [6.07, 6.45) is 3.82. The number of piperazine rings is 1. The van der Waals surface area contributed by atoms with Crippen molar-refractivity contribution in [1.29, 1.82) is 0 Å². The summed E-state index contributed by atoms with van der Waals surface area (Å²) in [5.41, 5.74) is 0. The first-order chi connectivity index (χ1) is 14.4. The minimum Gasteiger partial charge on any atom is -0.376 e. The predicted octanol–water partition coefficient (Wildman–Crippen LogP) is -0.496. The molecule has 0 aromatic rings. The van der Waals surface area contributed by atoms with Crippen LogP contribution in [0.25, 0.3) is 0 Å². The van der Waals surface area contributed by atoms with Crippen molar-refractivity contribution in [2.24, 2.45) is 0 Å². The fraction of sp³-hybridized carbons (Fsp3) is 0.900. The molecule has 4 heterocycles. The zero-order valence-electron chi connectivity index (χ0n) is 17.5. The van der Waals surface area contributed by atoms with E-state index in [9.17, 15) is 18.0 Å². The van der Waals surface area contributed by atoms with Crippen molar-refractivity contribution in [2.75, 3.05) is 64.0 Å². The zero-order valence-corrected chi connectivity index (χ0v) is 18.4. The molecule has 10 heteroatoms. The zero-order chi connectivity index (χ0) is 21.1. The molecule has 9 nitrogen and oxygen atoms in total. The van der Waals surface area contributed by atoms with Crippen molar-refractivity contribution in [3.8, 4) is 0 Å². The molecule has 0 aromatic carbocycles. The Hall–Kier alpha value is -1.23. The monoisotopic (exact) mass is 443 g/mol. The van der Waals surface area contributed by atoms with Crippen LogP contribution in [0.3, 0.4) is 0 Å². The first-order valence-corrected chi connectivity index (χ1v) is 13.0. The Bertz CT molecular complexity index is 725. The normalized spacial score (nSPS) is 31.9. The number of amides is 2. The maximum absolute atomic E-state index is 13.2. The highest BCUT2D eigenvalue weighted by molar-refractivity contribution is 7.91. The third-order valence-corrected chi connectivity index (χ3v) is 8.39. The first kappa shape index (κ1) is 22.0. The van der Waals surface area contributed by atoms with Gasteiger partial charge >= 0.3 is 0 Å². The lowest BCUT2D eigenvalue weighted by atomic mass is 10.1. The molecule has 30 heavy (non-hydrogen) atoms. The molecule has 0 spiro atoms. The Balaban J connectivity index is 1.31. The standard InChI is InChI=1S/C20H33N3O6S/c24-19(14-21-6-8-22(9-7-21)20(25)18-4-2-11-29-18)23(13-17-3-1-10-28-17)16-5-12-30(26,27)15-16/h16-18H,1-15H2. The fourth-order valence-corrected chi connectivity index (χ4v) is 6.60. The number of carbonyl (C=O) groups excluding carboxylic acids is 2. The van der Waals surface area contributed by atoms with Gasteiger partial charge in [0.05, 0.1) is 24.2 Å². The summed E-state index contributed by atoms with van der Waals surface area (Å²) in [7, 11) is -3.07. The third kappa shape index (κ3) is 5.33. The van der Waals surface area contributed by atoms with Crippen LogP contribution in [0.1, 0.15) is 32.1 Å². The highest BCUT2D eigenvalue weighted by Crippen LogP contribution is 2.22. The molecule has 0 bridgehead atoms. The average Bonchev–Trinajstić information content (AvgIpc) is 3.48. The van der Waals surface area contributed by atoms with E-state index in [1.165, 1.54) is 0 Å². The van der Waals surface area contributed by atoms with Gasteiger partial charge in [-0.05, 0) is 32.1 Å². The second kappa shape index (κ2) is 9.50. The van der Waals surface area contributed by atoms with E-state index in [1.54, 1.807) is 4.90 Å². The van der Waals surface area contributed by atoms with Gasteiger partial charge in [0.25, 0.3) is 5.91 Å². The predicted molar refractivity (Wildman–Crippen MR) is 110 cm³/mol. The Morgan fingerprint density at radius 1 is 0.967 bits per heavy atom. The molecule has 0 aliphatic carbocycles. The maximum atomic E-state index is 13.2. The molecule has 4 fully saturated rings. The quantitative estimate of drug-likeness (QED) is 0.546. The molecule has 0 saturated carbocycles. The summed E-state index contributed by atoms with van der Waals surface area (Å²) in [6, 6.07) is -0.255. The second-order valence-corrected chi connectivity index (χ2v) is 11.1. The van der Waals surface area contributed by atoms with E-state index < -0.39 is 9.84 Å². The number of sulfone groups is 1. The van der Waals surface area contributed by atoms with Crippen molar-refractivity contribution in [2.45, 2.75) is 50.4 Å². The van der Waals surface area contributed by atoms with Crippen LogP contribution in [-0.2, 0) is 28.9 Å². The van der Waals surface area contributed by atoms with Crippen LogP contribution < -0.4 is 0 Å². The molecule has 3 atom stereocenters. The maximum Gasteiger partial charge on any atom is 0.251 e. The van der Waals surface area contributed by atoms with Gasteiger partial charge in [0.1, 0.15) is 6.10 Å². The van der Waals surface area contributed by atoms with Crippen LogP contribution in [0.4, 0.5) is 0 Å². The average molecular weight is 444 g/mol. The minimum atomic E-state index is -3.07. The van der Waals surface area contributed by atoms with Crippen molar-refractivity contribution in [1.82, 2.24) is 14.7 Å². The highest BCUT2D eigenvalue weighted by atomic mass is 32.2. The number of rotatable bonds is 6. The fourth-order valence-electron chi connectivity index (χ4n) is 4.87. The molecule has 4 saturated heterocycles. The lowest BCUT2D eigenvalue weighted by molar-refractivity contribution is -0.143. The molecule has 0 radical (unpaired) electrons. The van der Waals surface area contributed by atoms with E-state index in [4.69, 9.17) is 9.47 Å². The van der Waals surface area contributed by atoms with Gasteiger partial charge in [-0.3, -0.25) is 14.5 Å². The number of nitrogens with zero attached hydrogens (tertiary/aromatic N) is 3. The van der Waals surface area contributed by atoms with Gasteiger partial charge in [0.15, 0.2) is 9.84 Å². The lowest BCUT2D eigenvalue weighted by Gasteiger charge is -2.37. The summed E-state index contributed by atoms with van der Waals surface area (Å²) in [6.45, 7) is 4.55. The topological polar surface area (TPSA) is 96.5 Å². The van der Waals surface area contributed by atoms with E-state index in [-0.39, 0.29) is 48.1 Å². The molecular formula is C20H33N3O6S. The van der Waals surface area contributed by atoms with Gasteiger partial charge in [-0.1, -0.05) is 0 Å². The Labute approximate surface area is 178 Å². The van der Waals surface area contributed by atoms with Crippen LogP contribution in [0.2, 0.25) is 0 Å². The molecule has 4 rings (SSSR count). The van der Waals surface area contributed by atoms with Crippen LogP contribution in [-0.4, -0.2) is 117 Å². The third-order valence-electron chi connectivity index (χ3n) is 6.64. The summed E-state index contributed by atoms with van der Waals surface area (Å²) >= 11 is 0. The molecule has 4 aliphatic rings. The molecular weight excluding hydrogens is 410 g/mol. The van der Waals surface area contributed by atoms with Gasteiger partial charge in [0, 0.05) is 52.0 Å². The Morgan fingerprint density at radius 3 is 2.30 bits per heavy atom. The number of hydrogen-bond donors (Lipinski definition) is 0. The molecule has 170 valence electrons. The molecule has 3 unspecified atom stereocenters. The summed E-state index contributed by atoms with van der Waals surface area (Å²) in [5, 5.41) is 0. The minimum absolute atomic E-state index is 0.00173. The number of hydrogen-bond acceptors (Lipinski definition) is 7. The van der Waals surface area contributed by atoms with E-state index in [0.717, 1.165) is 25.7 Å². The van der Waals surface area contributed by atoms with Gasteiger partial charge < -0.3 is 19.3 Å². The Kier molecular flexibility index (Phi) is 6.96. The van der Waals surface area contributed by atoms with Crippen LogP contribution in [0.5, 0.6) is 0 Å². The number of carbonyl (C=O) groups is 2. The van der Waals surface area contributed by atoms with E-state index in [2.05, 4.69) is 4.90 Å². The SMILES string of the molecule is O=C(C1CCCO1)N1CCN(CC(=O)N(CC2CCCO2)C2CCS(=O)(=O)C2)CC1. The van der Waals surface area contributed by atoms with Crippen LogP contribution >= 0.6 is 0 Å². The smallest absolute Gasteiger partial charge is 0.251 e. The summed E-state index contributed by atoms with van der Waals surface area (Å²) < 4.78 is 35.2. The van der Waals surface area contributed by atoms with Crippen molar-refractivity contribution < 1.29 is 27.5 Å². The van der Waals surface area contributed by atoms with Crippen LogP contribution in [0.15, 0.2) is 0 Å². The summed E-state index contributed by atoms with van der Waals surface area (Å²) in [5.74, 6) is 0.229. The first-order valence-electron chi connectivity index (χ1n) is 11.2.